The van der Waals surface area contributed by atoms with E-state index in [9.17, 15) is 0 Å². The molecule has 0 heterocycles. The van der Waals surface area contributed by atoms with Crippen molar-refractivity contribution in [2.75, 3.05) is 13.1 Å². The van der Waals surface area contributed by atoms with Crippen LogP contribution in [0.2, 0.25) is 0 Å². The predicted molar refractivity (Wildman–Crippen MR) is 214 cm³/mol. The Kier molecular flexibility index (Phi) is 9.70. The molecule has 0 spiro atoms. The monoisotopic (exact) mass is 658 g/mol. The van der Waals surface area contributed by atoms with Crippen LogP contribution in [-0.4, -0.2) is 13.1 Å². The zero-order chi connectivity index (χ0) is 34.9. The molecule has 0 radical (unpaired) electrons. The largest absolute Gasteiger partial charge is 0.330 e. The van der Waals surface area contributed by atoms with Gasteiger partial charge in [0.15, 0.2) is 0 Å². The molecule has 50 heavy (non-hydrogen) atoms. The first-order valence-corrected chi connectivity index (χ1v) is 18.8. The van der Waals surface area contributed by atoms with E-state index in [1.807, 2.05) is 0 Å². The van der Waals surface area contributed by atoms with Crippen LogP contribution in [-0.2, 0) is 0 Å². The fraction of sp³-hybridized carbons (Fsp3) is 0.333. The van der Waals surface area contributed by atoms with Crippen LogP contribution in [0.3, 0.4) is 0 Å². The van der Waals surface area contributed by atoms with E-state index in [1.54, 1.807) is 0 Å². The summed E-state index contributed by atoms with van der Waals surface area (Å²) in [5.74, 6) is 2.36. The van der Waals surface area contributed by atoms with Gasteiger partial charge in [-0.25, -0.2) is 0 Å². The van der Waals surface area contributed by atoms with Gasteiger partial charge in [-0.2, -0.15) is 0 Å². The number of nitrogens with two attached hydrogens (primary N) is 2. The molecule has 0 saturated heterocycles. The smallest absolute Gasteiger partial charge is 0.0242 e. The molecule has 256 valence electrons. The third kappa shape index (κ3) is 5.58. The summed E-state index contributed by atoms with van der Waals surface area (Å²) in [6, 6.07) is 43.3. The first-order chi connectivity index (χ1) is 24.4. The summed E-state index contributed by atoms with van der Waals surface area (Å²) in [7, 11) is 0. The van der Waals surface area contributed by atoms with Crippen molar-refractivity contribution in [2.24, 2.45) is 46.0 Å². The van der Waals surface area contributed by atoms with Gasteiger partial charge in [-0.15, -0.1) is 0 Å². The number of hydrogen-bond donors (Lipinski definition) is 2. The normalized spacial score (nSPS) is 28.2. The molecule has 4 aliphatic rings. The van der Waals surface area contributed by atoms with Crippen molar-refractivity contribution in [3.05, 3.63) is 168 Å². The molecule has 4 aromatic rings. The summed E-state index contributed by atoms with van der Waals surface area (Å²) >= 11 is 0. The van der Waals surface area contributed by atoms with Crippen LogP contribution in [0, 0.1) is 34.5 Å². The molecule has 6 atom stereocenters. The van der Waals surface area contributed by atoms with Crippen molar-refractivity contribution >= 4 is 22.3 Å². The Labute approximate surface area is 300 Å². The summed E-state index contributed by atoms with van der Waals surface area (Å²) in [6.45, 7) is 15.5. The van der Waals surface area contributed by atoms with Crippen molar-refractivity contribution in [3.8, 4) is 0 Å². The van der Waals surface area contributed by atoms with Gasteiger partial charge in [0.25, 0.3) is 0 Å². The highest BCUT2D eigenvalue weighted by atomic mass is 14.7. The van der Waals surface area contributed by atoms with E-state index in [1.165, 1.54) is 68.5 Å². The van der Waals surface area contributed by atoms with Crippen molar-refractivity contribution in [1.82, 2.24) is 0 Å². The van der Waals surface area contributed by atoms with E-state index < -0.39 is 0 Å². The summed E-state index contributed by atoms with van der Waals surface area (Å²) in [5, 5.41) is 0. The van der Waals surface area contributed by atoms with Gasteiger partial charge in [-0.1, -0.05) is 146 Å². The summed E-state index contributed by atoms with van der Waals surface area (Å²) in [6.07, 6.45) is 7.03. The molecule has 2 unspecified atom stereocenters. The van der Waals surface area contributed by atoms with Crippen LogP contribution >= 0.6 is 0 Å². The molecule has 2 fully saturated rings. The van der Waals surface area contributed by atoms with Crippen LogP contribution in [0.4, 0.5) is 0 Å². The van der Waals surface area contributed by atoms with Gasteiger partial charge in [0, 0.05) is 10.8 Å². The fourth-order valence-corrected chi connectivity index (χ4v) is 11.0. The molecule has 2 saturated carbocycles. The number of allylic oxidation sites excluding steroid dienone is 6. The third-order valence-electron chi connectivity index (χ3n) is 13.1. The maximum atomic E-state index is 6.17. The SMILES string of the molecule is C=C(c1ccccc1)[C@@]12CC[C@@H](CN)C1CC(C)=C2c1ccccc1.C=C(c1ccccc1)[C@@]12CC[C@H](CN)C1CC(C)=C2c1ccccc1. The van der Waals surface area contributed by atoms with Gasteiger partial charge in [0.05, 0.1) is 0 Å². The van der Waals surface area contributed by atoms with Gasteiger partial charge in [-0.3, -0.25) is 0 Å². The summed E-state index contributed by atoms with van der Waals surface area (Å²) in [5.41, 5.74) is 26.3. The van der Waals surface area contributed by atoms with Crippen LogP contribution in [0.15, 0.2) is 146 Å². The lowest BCUT2D eigenvalue weighted by Crippen LogP contribution is -2.29. The van der Waals surface area contributed by atoms with Crippen molar-refractivity contribution in [1.29, 1.82) is 0 Å². The quantitative estimate of drug-likeness (QED) is 0.198. The highest BCUT2D eigenvalue weighted by Crippen LogP contribution is 2.68. The van der Waals surface area contributed by atoms with E-state index in [2.05, 4.69) is 148 Å². The lowest BCUT2D eigenvalue weighted by atomic mass is 9.65. The molecule has 0 amide bonds. The number of rotatable bonds is 8. The summed E-state index contributed by atoms with van der Waals surface area (Å²) < 4.78 is 0. The summed E-state index contributed by atoms with van der Waals surface area (Å²) in [4.78, 5) is 0. The fourth-order valence-electron chi connectivity index (χ4n) is 11.0. The number of fused-ring (bicyclic) bond motifs is 2. The minimum atomic E-state index is 0.0385. The van der Waals surface area contributed by atoms with Gasteiger partial charge in [0.2, 0.25) is 0 Å². The molecular formula is C48H54N2. The van der Waals surface area contributed by atoms with Crippen LogP contribution in [0.5, 0.6) is 0 Å². The second-order valence-electron chi connectivity index (χ2n) is 15.4. The maximum absolute atomic E-state index is 6.17. The minimum Gasteiger partial charge on any atom is -0.330 e. The number of hydrogen-bond acceptors (Lipinski definition) is 2. The lowest BCUT2D eigenvalue weighted by molar-refractivity contribution is 0.327. The molecule has 4 aromatic carbocycles. The average molecular weight is 659 g/mol. The Morgan fingerprint density at radius 3 is 1.18 bits per heavy atom. The Hall–Kier alpha value is -4.24. The average Bonchev–Trinajstić information content (AvgIpc) is 3.88. The predicted octanol–water partition coefficient (Wildman–Crippen LogP) is 11.1. The first-order valence-electron chi connectivity index (χ1n) is 18.8. The Bertz CT molecular complexity index is 1750. The highest BCUT2D eigenvalue weighted by Gasteiger charge is 2.57. The second kappa shape index (κ2) is 14.2. The molecule has 4 aliphatic carbocycles. The third-order valence-corrected chi connectivity index (χ3v) is 13.1. The second-order valence-corrected chi connectivity index (χ2v) is 15.4. The molecule has 8 rings (SSSR count). The van der Waals surface area contributed by atoms with E-state index in [4.69, 9.17) is 11.5 Å². The molecular weight excluding hydrogens is 605 g/mol. The Balaban J connectivity index is 0.000000157. The van der Waals surface area contributed by atoms with Gasteiger partial charge in [0.1, 0.15) is 0 Å². The molecule has 0 aliphatic heterocycles. The lowest BCUT2D eigenvalue weighted by Gasteiger charge is -2.37. The highest BCUT2D eigenvalue weighted by molar-refractivity contribution is 5.91. The Morgan fingerprint density at radius 1 is 0.540 bits per heavy atom. The molecule has 0 bridgehead atoms. The van der Waals surface area contributed by atoms with Crippen molar-refractivity contribution in [3.63, 3.8) is 0 Å². The van der Waals surface area contributed by atoms with E-state index in [0.29, 0.717) is 23.7 Å². The van der Waals surface area contributed by atoms with E-state index in [-0.39, 0.29) is 10.8 Å². The van der Waals surface area contributed by atoms with Crippen LogP contribution < -0.4 is 11.5 Å². The Morgan fingerprint density at radius 2 is 0.860 bits per heavy atom. The van der Waals surface area contributed by atoms with E-state index >= 15 is 0 Å². The number of benzene rings is 4. The van der Waals surface area contributed by atoms with Crippen LogP contribution in [0.1, 0.15) is 74.6 Å². The van der Waals surface area contributed by atoms with Gasteiger partial charge >= 0.3 is 0 Å². The van der Waals surface area contributed by atoms with Crippen molar-refractivity contribution < 1.29 is 0 Å². The van der Waals surface area contributed by atoms with Gasteiger partial charge < -0.3 is 11.5 Å². The maximum Gasteiger partial charge on any atom is 0.0242 e. The van der Waals surface area contributed by atoms with E-state index in [0.717, 1.165) is 38.8 Å². The molecule has 2 heteroatoms. The van der Waals surface area contributed by atoms with Crippen LogP contribution in [0.25, 0.3) is 22.3 Å². The standard InChI is InChI=1S/2C24H27N/c2*1-17-15-22-21(16-25)13-14-24(22,18(2)19-9-5-3-6-10-19)23(17)20-11-7-4-8-12-20/h2*3-12,21-22H,2,13-16,25H2,1H3/t21-,22?,24+;21-,22?,24-/m10/s1. The zero-order valence-electron chi connectivity index (χ0n) is 30.1. The topological polar surface area (TPSA) is 52.0 Å². The van der Waals surface area contributed by atoms with Gasteiger partial charge in [-0.05, 0) is 134 Å². The zero-order valence-corrected chi connectivity index (χ0v) is 30.1. The minimum absolute atomic E-state index is 0.0385. The first kappa shape index (κ1) is 34.2. The molecule has 2 nitrogen and oxygen atoms in total. The molecule has 0 aromatic heterocycles. The molecule has 4 N–H and O–H groups in total. The van der Waals surface area contributed by atoms with Crippen molar-refractivity contribution in [2.45, 2.75) is 52.4 Å².